The Bertz CT molecular complexity index is 223. The average molecular weight is 257 g/mol. The van der Waals surface area contributed by atoms with Gasteiger partial charge >= 0.3 is 0 Å². The minimum atomic E-state index is -0.100. The number of ether oxygens (including phenoxy) is 1. The summed E-state index contributed by atoms with van der Waals surface area (Å²) < 4.78 is 5.24. The van der Waals surface area contributed by atoms with E-state index in [-0.39, 0.29) is 6.10 Å². The molecule has 1 rings (SSSR count). The van der Waals surface area contributed by atoms with Crippen molar-refractivity contribution < 1.29 is 9.84 Å². The number of hydrogen-bond donors (Lipinski definition) is 1. The Kier molecular flexibility index (Phi) is 7.20. The molecule has 18 heavy (non-hydrogen) atoms. The van der Waals surface area contributed by atoms with Gasteiger partial charge in [-0.3, -0.25) is 4.90 Å². The van der Waals surface area contributed by atoms with Crippen LogP contribution in [0.4, 0.5) is 0 Å². The Morgan fingerprint density at radius 1 is 1.33 bits per heavy atom. The average Bonchev–Trinajstić information content (AvgIpc) is 2.38. The smallest absolute Gasteiger partial charge is 0.0615 e. The van der Waals surface area contributed by atoms with E-state index in [4.69, 9.17) is 4.74 Å². The van der Waals surface area contributed by atoms with Gasteiger partial charge in [0.05, 0.1) is 12.7 Å². The summed E-state index contributed by atoms with van der Waals surface area (Å²) in [5, 5.41) is 10.2. The molecule has 0 aliphatic heterocycles. The molecule has 0 heterocycles. The van der Waals surface area contributed by atoms with Crippen LogP contribution in [-0.2, 0) is 4.74 Å². The standard InChI is InChI=1S/C15H31NO2/c1-5-13-7-8-15(17)14(9-13)10-16(6-2)12(3)11-18-4/h12-15,17H,5-11H2,1-4H3. The van der Waals surface area contributed by atoms with E-state index in [0.29, 0.717) is 12.0 Å². The van der Waals surface area contributed by atoms with E-state index in [1.165, 1.54) is 19.3 Å². The molecule has 0 bridgehead atoms. The SMILES string of the molecule is CCC1CCC(O)C(CN(CC)C(C)COC)C1. The zero-order valence-corrected chi connectivity index (χ0v) is 12.6. The van der Waals surface area contributed by atoms with Crippen molar-refractivity contribution in [3.8, 4) is 0 Å². The van der Waals surface area contributed by atoms with Gasteiger partial charge in [0.15, 0.2) is 0 Å². The van der Waals surface area contributed by atoms with Crippen molar-refractivity contribution >= 4 is 0 Å². The summed E-state index contributed by atoms with van der Waals surface area (Å²) in [6, 6.07) is 0.439. The molecule has 1 N–H and O–H groups in total. The van der Waals surface area contributed by atoms with Crippen LogP contribution in [0.5, 0.6) is 0 Å². The lowest BCUT2D eigenvalue weighted by atomic mass is 9.78. The van der Waals surface area contributed by atoms with Crippen LogP contribution in [0.1, 0.15) is 46.5 Å². The van der Waals surface area contributed by atoms with Crippen molar-refractivity contribution in [2.75, 3.05) is 26.8 Å². The van der Waals surface area contributed by atoms with Gasteiger partial charge in [0, 0.05) is 19.7 Å². The molecule has 1 aliphatic rings. The summed E-state index contributed by atoms with van der Waals surface area (Å²) >= 11 is 0. The number of rotatable bonds is 7. The quantitative estimate of drug-likeness (QED) is 0.761. The fourth-order valence-electron chi connectivity index (χ4n) is 3.18. The molecule has 3 nitrogen and oxygen atoms in total. The minimum Gasteiger partial charge on any atom is -0.393 e. The van der Waals surface area contributed by atoms with Crippen molar-refractivity contribution in [2.45, 2.75) is 58.6 Å². The van der Waals surface area contributed by atoms with Crippen LogP contribution in [-0.4, -0.2) is 49.0 Å². The lowest BCUT2D eigenvalue weighted by Gasteiger charge is -2.38. The molecule has 0 saturated heterocycles. The van der Waals surface area contributed by atoms with Crippen LogP contribution >= 0.6 is 0 Å². The Labute approximate surface area is 113 Å². The highest BCUT2D eigenvalue weighted by Gasteiger charge is 2.30. The number of likely N-dealkylation sites (N-methyl/N-ethyl adjacent to an activating group) is 1. The first kappa shape index (κ1) is 15.9. The van der Waals surface area contributed by atoms with Gasteiger partial charge in [0.25, 0.3) is 0 Å². The van der Waals surface area contributed by atoms with E-state index < -0.39 is 0 Å². The minimum absolute atomic E-state index is 0.100. The molecular formula is C15H31NO2. The first-order valence-corrected chi connectivity index (χ1v) is 7.53. The summed E-state index contributed by atoms with van der Waals surface area (Å²) in [5.74, 6) is 1.26. The summed E-state index contributed by atoms with van der Waals surface area (Å²) in [6.45, 7) is 9.49. The van der Waals surface area contributed by atoms with Crippen molar-refractivity contribution in [3.05, 3.63) is 0 Å². The second kappa shape index (κ2) is 8.13. The van der Waals surface area contributed by atoms with E-state index >= 15 is 0 Å². The van der Waals surface area contributed by atoms with Gasteiger partial charge in [-0.15, -0.1) is 0 Å². The molecule has 0 aromatic carbocycles. The van der Waals surface area contributed by atoms with Gasteiger partial charge in [-0.25, -0.2) is 0 Å². The highest BCUT2D eigenvalue weighted by molar-refractivity contribution is 4.82. The van der Waals surface area contributed by atoms with Gasteiger partial charge < -0.3 is 9.84 Å². The molecule has 0 aromatic rings. The van der Waals surface area contributed by atoms with Crippen LogP contribution < -0.4 is 0 Å². The lowest BCUT2D eigenvalue weighted by molar-refractivity contribution is 0.0113. The van der Waals surface area contributed by atoms with E-state index in [0.717, 1.165) is 32.0 Å². The molecule has 0 aromatic heterocycles. The maximum atomic E-state index is 10.2. The number of aliphatic hydroxyl groups is 1. The Hall–Kier alpha value is -0.120. The molecule has 0 radical (unpaired) electrons. The fraction of sp³-hybridized carbons (Fsp3) is 1.00. The largest absolute Gasteiger partial charge is 0.393 e. The van der Waals surface area contributed by atoms with E-state index in [2.05, 4.69) is 25.7 Å². The van der Waals surface area contributed by atoms with Crippen LogP contribution in [0.3, 0.4) is 0 Å². The number of hydrogen-bond acceptors (Lipinski definition) is 3. The van der Waals surface area contributed by atoms with Crippen LogP contribution in [0.15, 0.2) is 0 Å². The predicted molar refractivity (Wildman–Crippen MR) is 75.7 cm³/mol. The molecule has 1 fully saturated rings. The van der Waals surface area contributed by atoms with E-state index in [1.807, 2.05) is 0 Å². The van der Waals surface area contributed by atoms with Crippen molar-refractivity contribution in [3.63, 3.8) is 0 Å². The highest BCUT2D eigenvalue weighted by Crippen LogP contribution is 2.32. The maximum absolute atomic E-state index is 10.2. The summed E-state index contributed by atoms with van der Waals surface area (Å²) in [4.78, 5) is 2.44. The molecule has 1 aliphatic carbocycles. The Morgan fingerprint density at radius 3 is 2.61 bits per heavy atom. The van der Waals surface area contributed by atoms with Gasteiger partial charge in [-0.1, -0.05) is 20.3 Å². The molecule has 108 valence electrons. The monoisotopic (exact) mass is 257 g/mol. The van der Waals surface area contributed by atoms with Crippen molar-refractivity contribution in [1.29, 1.82) is 0 Å². The fourth-order valence-corrected chi connectivity index (χ4v) is 3.18. The van der Waals surface area contributed by atoms with Crippen LogP contribution in [0.2, 0.25) is 0 Å². The van der Waals surface area contributed by atoms with Gasteiger partial charge in [0.1, 0.15) is 0 Å². The van der Waals surface area contributed by atoms with E-state index in [1.54, 1.807) is 7.11 Å². The second-order valence-electron chi connectivity index (χ2n) is 5.81. The molecule has 0 amide bonds. The predicted octanol–water partition coefficient (Wildman–Crippen LogP) is 2.53. The summed E-state index contributed by atoms with van der Waals surface area (Å²) in [5.41, 5.74) is 0. The van der Waals surface area contributed by atoms with Gasteiger partial charge in [-0.2, -0.15) is 0 Å². The third kappa shape index (κ3) is 4.52. The van der Waals surface area contributed by atoms with Crippen LogP contribution in [0.25, 0.3) is 0 Å². The highest BCUT2D eigenvalue weighted by atomic mass is 16.5. The zero-order chi connectivity index (χ0) is 13.5. The van der Waals surface area contributed by atoms with Crippen molar-refractivity contribution in [2.24, 2.45) is 11.8 Å². The molecular weight excluding hydrogens is 226 g/mol. The molecule has 4 unspecified atom stereocenters. The summed E-state index contributed by atoms with van der Waals surface area (Å²) in [6.07, 6.45) is 4.53. The Balaban J connectivity index is 2.50. The number of aliphatic hydroxyl groups excluding tert-OH is 1. The number of nitrogens with zero attached hydrogens (tertiary/aromatic N) is 1. The molecule has 4 atom stereocenters. The van der Waals surface area contributed by atoms with E-state index in [9.17, 15) is 5.11 Å². The second-order valence-corrected chi connectivity index (χ2v) is 5.81. The third-order valence-electron chi connectivity index (χ3n) is 4.53. The maximum Gasteiger partial charge on any atom is 0.0615 e. The molecule has 0 spiro atoms. The van der Waals surface area contributed by atoms with Crippen LogP contribution in [0, 0.1) is 11.8 Å². The molecule has 1 saturated carbocycles. The third-order valence-corrected chi connectivity index (χ3v) is 4.53. The zero-order valence-electron chi connectivity index (χ0n) is 12.6. The lowest BCUT2D eigenvalue weighted by Crippen LogP contribution is -2.44. The number of methoxy groups -OCH3 is 1. The summed E-state index contributed by atoms with van der Waals surface area (Å²) in [7, 11) is 1.76. The first-order chi connectivity index (χ1) is 8.62. The first-order valence-electron chi connectivity index (χ1n) is 7.53. The topological polar surface area (TPSA) is 32.7 Å². The van der Waals surface area contributed by atoms with Gasteiger partial charge in [-0.05, 0) is 44.6 Å². The normalized spacial score (nSPS) is 30.7. The Morgan fingerprint density at radius 2 is 2.06 bits per heavy atom. The van der Waals surface area contributed by atoms with Gasteiger partial charge in [0.2, 0.25) is 0 Å². The van der Waals surface area contributed by atoms with Crippen molar-refractivity contribution in [1.82, 2.24) is 4.90 Å². The molecule has 3 heteroatoms.